The average Bonchev–Trinajstić information content (AvgIpc) is 2.03. The fraction of sp³-hybridized carbons (Fsp3) is 0.369. The van der Waals surface area contributed by atoms with Gasteiger partial charge in [-0.1, -0.05) is 164 Å². The average molecular weight is 1290 g/mol. The second kappa shape index (κ2) is 28.4. The summed E-state index contributed by atoms with van der Waals surface area (Å²) in [4.78, 5) is 58.0. The number of aryl methyl sites for hydroxylation is 2. The third kappa shape index (κ3) is 14.3. The quantitative estimate of drug-likeness (QED) is 0.0128. The van der Waals surface area contributed by atoms with Crippen LogP contribution in [0.5, 0.6) is 11.5 Å². The van der Waals surface area contributed by atoms with Crippen molar-refractivity contribution in [1.29, 1.82) is 5.26 Å². The van der Waals surface area contributed by atoms with E-state index in [4.69, 9.17) is 41.7 Å². The number of phosphoric acid groups is 1. The van der Waals surface area contributed by atoms with Gasteiger partial charge in [0.25, 0.3) is 19.4 Å². The van der Waals surface area contributed by atoms with Crippen LogP contribution in [0.25, 0.3) is 0 Å². The van der Waals surface area contributed by atoms with Crippen LogP contribution in [0.2, 0.25) is 5.04 Å². The monoisotopic (exact) mass is 1290 g/mol. The molecule has 9 rings (SSSR count). The fourth-order valence-corrected chi connectivity index (χ4v) is 18.0. The van der Waals surface area contributed by atoms with E-state index in [1.54, 1.807) is 28.1 Å². The molecular formula is C65H73BrN5O14PSi. The number of aromatic nitrogens is 4. The van der Waals surface area contributed by atoms with Gasteiger partial charge in [-0.25, -0.2) is 14.2 Å². The summed E-state index contributed by atoms with van der Waals surface area (Å²) >= 11 is 3.53. The summed E-state index contributed by atoms with van der Waals surface area (Å²) in [5, 5.41) is 11.9. The van der Waals surface area contributed by atoms with Crippen molar-refractivity contribution in [2.45, 2.75) is 120 Å². The number of hydrogen-bond acceptors (Lipinski definition) is 15. The van der Waals surface area contributed by atoms with Crippen LogP contribution in [0.1, 0.15) is 93.1 Å². The van der Waals surface area contributed by atoms with Gasteiger partial charge in [-0.15, -0.1) is 0 Å². The molecule has 22 heteroatoms. The zero-order valence-corrected chi connectivity index (χ0v) is 53.1. The van der Waals surface area contributed by atoms with E-state index in [1.807, 2.05) is 127 Å². The van der Waals surface area contributed by atoms with Crippen molar-refractivity contribution >= 4 is 42.4 Å². The largest absolute Gasteiger partial charge is 0.497 e. The third-order valence-corrected chi connectivity index (χ3v) is 22.8. The molecule has 8 atom stereocenters. The molecule has 458 valence electrons. The summed E-state index contributed by atoms with van der Waals surface area (Å²) in [6, 6.07) is 46.6. The van der Waals surface area contributed by atoms with Crippen molar-refractivity contribution in [3.63, 3.8) is 0 Å². The van der Waals surface area contributed by atoms with Crippen LogP contribution in [-0.2, 0) is 42.4 Å². The number of nitrogens with zero attached hydrogens (tertiary/aromatic N) is 3. The molecule has 0 amide bonds. The summed E-state index contributed by atoms with van der Waals surface area (Å²) in [6.45, 7) is 8.88. The Morgan fingerprint density at radius 1 is 0.713 bits per heavy atom. The van der Waals surface area contributed by atoms with Crippen LogP contribution in [-0.4, -0.2) is 90.7 Å². The zero-order chi connectivity index (χ0) is 61.9. The first-order valence-corrected chi connectivity index (χ1v) is 33.3. The first-order chi connectivity index (χ1) is 41.9. The summed E-state index contributed by atoms with van der Waals surface area (Å²) in [5.41, 5.74) is -1.35. The highest BCUT2D eigenvalue weighted by Gasteiger charge is 2.56. The first-order valence-electron chi connectivity index (χ1n) is 28.8. The Morgan fingerprint density at radius 2 is 1.21 bits per heavy atom. The van der Waals surface area contributed by atoms with Gasteiger partial charge in [0.2, 0.25) is 0 Å². The lowest BCUT2D eigenvalue weighted by molar-refractivity contribution is -0.101. The van der Waals surface area contributed by atoms with E-state index >= 15 is 4.57 Å². The number of H-pyrrole nitrogens is 2. The van der Waals surface area contributed by atoms with Gasteiger partial charge >= 0.3 is 19.2 Å². The number of halogens is 1. The molecule has 7 aromatic rings. The number of phosphoric ester groups is 1. The van der Waals surface area contributed by atoms with E-state index in [9.17, 15) is 24.4 Å². The molecule has 2 aromatic heterocycles. The molecule has 2 saturated heterocycles. The Labute approximate surface area is 514 Å². The predicted octanol–water partition coefficient (Wildman–Crippen LogP) is 9.79. The van der Waals surface area contributed by atoms with Crippen LogP contribution < -0.4 is 42.3 Å². The Kier molecular flexibility index (Phi) is 21.0. The molecule has 2 N–H and O–H groups in total. The number of nitriles is 1. The molecular weight excluding hydrogens is 1210 g/mol. The van der Waals surface area contributed by atoms with Gasteiger partial charge < -0.3 is 28.1 Å². The second-order valence-electron chi connectivity index (χ2n) is 22.4. The van der Waals surface area contributed by atoms with Gasteiger partial charge in [0.05, 0.1) is 46.0 Å². The molecule has 2 fully saturated rings. The number of nitrogens with one attached hydrogen (secondary N) is 2. The Bertz CT molecular complexity index is 3710. The summed E-state index contributed by atoms with van der Waals surface area (Å²) < 4.78 is 79.1. The summed E-state index contributed by atoms with van der Waals surface area (Å²) in [5.74, 6) is 1.22. The predicted molar refractivity (Wildman–Crippen MR) is 336 cm³/mol. The van der Waals surface area contributed by atoms with Crippen molar-refractivity contribution in [3.8, 4) is 17.6 Å². The zero-order valence-electron chi connectivity index (χ0n) is 49.7. The number of hydrogen-bond donors (Lipinski definition) is 2. The number of ether oxygens (including phenoxy) is 5. The van der Waals surface area contributed by atoms with E-state index in [2.05, 4.69) is 77.0 Å². The van der Waals surface area contributed by atoms with Crippen molar-refractivity contribution in [3.05, 3.63) is 234 Å². The number of allylic oxidation sites excluding steroid dienone is 1. The van der Waals surface area contributed by atoms with Gasteiger partial charge in [0, 0.05) is 41.7 Å². The highest BCUT2D eigenvalue weighted by atomic mass is 79.9. The smallest absolute Gasteiger partial charge is 0.475 e. The van der Waals surface area contributed by atoms with Crippen molar-refractivity contribution in [2.24, 2.45) is 0 Å². The molecule has 19 nitrogen and oxygen atoms in total. The van der Waals surface area contributed by atoms with Crippen molar-refractivity contribution in [1.82, 2.24) is 19.1 Å². The van der Waals surface area contributed by atoms with E-state index < -0.39 is 98.9 Å². The van der Waals surface area contributed by atoms with Gasteiger partial charge in [-0.2, -0.15) is 5.26 Å². The molecule has 0 aliphatic carbocycles. The van der Waals surface area contributed by atoms with Gasteiger partial charge in [0.1, 0.15) is 54.0 Å². The Hall–Kier alpha value is -7.06. The number of rotatable bonds is 26. The number of benzene rings is 5. The molecule has 1 unspecified atom stereocenters. The lowest BCUT2D eigenvalue weighted by atomic mass is 9.80. The molecule has 0 radical (unpaired) electrons. The van der Waals surface area contributed by atoms with Gasteiger partial charge in [0.15, 0.2) is 0 Å². The van der Waals surface area contributed by atoms with E-state index in [0.29, 0.717) is 34.4 Å². The van der Waals surface area contributed by atoms with Crippen LogP contribution in [0.15, 0.2) is 183 Å². The van der Waals surface area contributed by atoms with E-state index in [1.165, 1.54) is 21.5 Å². The highest BCUT2D eigenvalue weighted by molar-refractivity contribution is 9.09. The second-order valence-corrected chi connectivity index (χ2v) is 29.0. The minimum absolute atomic E-state index is 0.0468. The van der Waals surface area contributed by atoms with Gasteiger partial charge in [-0.05, 0) is 83.1 Å². The standard InChI is InChI=1S/C65H73BrN5O14PSi/c1-44-41-70(62(74)68-60(44)72)57-39-54(56(81-57)43-79-65(46-21-12-8-13-22-46,47-28-32-49(77-6)33-29-47)48-30-34-50(78-7)35-31-48)84-86(76,80-38-20-37-67)83-53(27-18-11-19-36-66)59-55(40-58(82-59)71-42-45(2)61(73)69-63(71)75)85-87(64(3,4)5,51-23-14-9-15-24-51)52-25-16-10-17-26-52/h8-18,21-26,28-35,41-42,53-59H,19-20,27,36,38-40,43H2,1-7H3,(H,68,72,74)(H,69,73,75)/b18-11+/t53-,54-,55-,56+,57+,58+,59+,86?/m0/s1. The Balaban J connectivity index is 1.17. The van der Waals surface area contributed by atoms with Crippen LogP contribution >= 0.6 is 23.8 Å². The lowest BCUT2D eigenvalue weighted by Crippen LogP contribution is -2.68. The lowest BCUT2D eigenvalue weighted by Gasteiger charge is -2.45. The normalized spacial score (nSPS) is 20.0. The SMILES string of the molecule is COc1ccc(C(OC[C@H]2O[C@@H](n3cc(C)c(=O)[nH]c3=O)C[C@@H]2OP(=O)(OCCC#N)O[C@@H](C/C=C/CCBr)[C@H]2O[C@@H](n3cc(C)c(=O)[nH]c3=O)C[C@@H]2O[Si](c2ccccc2)(c2ccccc2)C(C)(C)C)(c2ccccc2)c2ccc(OC)cc2)cc1. The first kappa shape index (κ1) is 64.4. The van der Waals surface area contributed by atoms with Crippen LogP contribution in [0.4, 0.5) is 0 Å². The molecule has 87 heavy (non-hydrogen) atoms. The van der Waals surface area contributed by atoms with Crippen LogP contribution in [0.3, 0.4) is 0 Å². The minimum Gasteiger partial charge on any atom is -0.497 e. The summed E-state index contributed by atoms with van der Waals surface area (Å²) in [6.07, 6.45) is -0.824. The van der Waals surface area contributed by atoms with Crippen molar-refractivity contribution < 1.29 is 46.2 Å². The number of alkyl halides is 1. The maximum absolute atomic E-state index is 16.3. The van der Waals surface area contributed by atoms with Crippen molar-refractivity contribution in [2.75, 3.05) is 32.8 Å². The summed E-state index contributed by atoms with van der Waals surface area (Å²) in [7, 11) is -5.29. The number of aromatic amines is 2. The molecule has 4 heterocycles. The molecule has 0 spiro atoms. The van der Waals surface area contributed by atoms with Gasteiger partial charge in [-0.3, -0.25) is 42.3 Å². The maximum atomic E-state index is 16.3. The molecule has 2 aliphatic rings. The third-order valence-electron chi connectivity index (χ3n) is 15.8. The Morgan fingerprint density at radius 3 is 1.70 bits per heavy atom. The number of methoxy groups -OCH3 is 2. The molecule has 2 aliphatic heterocycles. The molecule has 0 saturated carbocycles. The fourth-order valence-electron chi connectivity index (χ4n) is 11.5. The molecule has 5 aromatic carbocycles. The van der Waals surface area contributed by atoms with E-state index in [0.717, 1.165) is 15.9 Å². The molecule has 0 bridgehead atoms. The van der Waals surface area contributed by atoms with Crippen LogP contribution in [0, 0.1) is 25.2 Å². The topological polar surface area (TPSA) is 234 Å². The van der Waals surface area contributed by atoms with E-state index in [-0.39, 0.29) is 43.4 Å². The minimum atomic E-state index is -4.99. The maximum Gasteiger partial charge on any atom is 0.475 e. The highest BCUT2D eigenvalue weighted by Crippen LogP contribution is 2.56.